The molecule has 23 heavy (non-hydrogen) atoms. The van der Waals surface area contributed by atoms with Crippen LogP contribution in [0.1, 0.15) is 30.3 Å². The zero-order valence-corrected chi connectivity index (χ0v) is 14.7. The van der Waals surface area contributed by atoms with E-state index in [0.29, 0.717) is 12.3 Å². The number of carbonyl (C=O) groups is 1. The Hall–Kier alpha value is -1.96. The Morgan fingerprint density at radius 1 is 1.48 bits per heavy atom. The molecule has 1 N–H and O–H groups in total. The summed E-state index contributed by atoms with van der Waals surface area (Å²) in [5.74, 6) is 0.422. The number of hydrogen-bond donors (Lipinski definition) is 1. The smallest absolute Gasteiger partial charge is 0.229 e. The summed E-state index contributed by atoms with van der Waals surface area (Å²) in [7, 11) is 3.72. The molecule has 124 valence electrons. The van der Waals surface area contributed by atoms with Gasteiger partial charge in [0, 0.05) is 39.3 Å². The molecule has 1 saturated heterocycles. The van der Waals surface area contributed by atoms with Crippen molar-refractivity contribution in [1.82, 2.24) is 24.9 Å². The number of hydrogen-bond acceptors (Lipinski definition) is 6. The lowest BCUT2D eigenvalue weighted by Crippen LogP contribution is -2.31. The number of aromatic nitrogens is 4. The van der Waals surface area contributed by atoms with Gasteiger partial charge in [0.25, 0.3) is 0 Å². The molecule has 0 bridgehead atoms. The number of rotatable bonds is 4. The standard InChI is InChI=1S/C15H22N6OS/c1-15(2)9-21(8-11(15)10-6-17-20(4)7-10)13(22)5-12-18-19-14(16-3)23-12/h6-7,11H,5,8-9H2,1-4H3,(H,16,19). The first kappa shape index (κ1) is 15.9. The van der Waals surface area contributed by atoms with Crippen LogP contribution in [0.25, 0.3) is 0 Å². The second kappa shape index (κ2) is 5.92. The van der Waals surface area contributed by atoms with Crippen molar-refractivity contribution >= 4 is 22.4 Å². The van der Waals surface area contributed by atoms with Crippen LogP contribution in [0.2, 0.25) is 0 Å². The molecule has 3 rings (SSSR count). The van der Waals surface area contributed by atoms with Crippen molar-refractivity contribution in [3.8, 4) is 0 Å². The Labute approximate surface area is 139 Å². The van der Waals surface area contributed by atoms with E-state index < -0.39 is 0 Å². The van der Waals surface area contributed by atoms with Crippen LogP contribution in [0.3, 0.4) is 0 Å². The highest BCUT2D eigenvalue weighted by atomic mass is 32.1. The average molecular weight is 334 g/mol. The quantitative estimate of drug-likeness (QED) is 0.917. The molecule has 1 fully saturated rings. The minimum absolute atomic E-state index is 0.0377. The normalized spacial score (nSPS) is 20.0. The molecule has 8 heteroatoms. The summed E-state index contributed by atoms with van der Waals surface area (Å²) < 4.78 is 1.82. The second-order valence-corrected chi connectivity index (χ2v) is 7.75. The van der Waals surface area contributed by atoms with Crippen molar-refractivity contribution in [2.24, 2.45) is 12.5 Å². The van der Waals surface area contributed by atoms with Crippen molar-refractivity contribution in [3.63, 3.8) is 0 Å². The molecule has 7 nitrogen and oxygen atoms in total. The Balaban J connectivity index is 1.70. The summed E-state index contributed by atoms with van der Waals surface area (Å²) >= 11 is 1.43. The average Bonchev–Trinajstić information content (AvgIpc) is 3.17. The third-order valence-electron chi connectivity index (χ3n) is 4.41. The van der Waals surface area contributed by atoms with Crippen molar-refractivity contribution < 1.29 is 4.79 Å². The lowest BCUT2D eigenvalue weighted by Gasteiger charge is -2.24. The molecule has 1 amide bonds. The molecule has 1 atom stereocenters. The van der Waals surface area contributed by atoms with Crippen LogP contribution in [-0.4, -0.2) is 50.9 Å². The largest absolute Gasteiger partial charge is 0.363 e. The van der Waals surface area contributed by atoms with Crippen LogP contribution >= 0.6 is 11.3 Å². The van der Waals surface area contributed by atoms with Crippen molar-refractivity contribution in [2.45, 2.75) is 26.2 Å². The molecule has 3 heterocycles. The van der Waals surface area contributed by atoms with Crippen molar-refractivity contribution in [1.29, 1.82) is 0 Å². The molecule has 1 aliphatic heterocycles. The molecule has 2 aromatic rings. The van der Waals surface area contributed by atoms with Gasteiger partial charge in [-0.1, -0.05) is 25.2 Å². The van der Waals surface area contributed by atoms with E-state index in [1.807, 2.05) is 29.0 Å². The number of anilines is 1. The summed E-state index contributed by atoms with van der Waals surface area (Å²) in [4.78, 5) is 14.5. The number of aryl methyl sites for hydroxylation is 1. The van der Waals surface area contributed by atoms with E-state index >= 15 is 0 Å². The molecule has 1 aliphatic rings. The summed E-state index contributed by atoms with van der Waals surface area (Å²) in [6.45, 7) is 5.91. The van der Waals surface area contributed by atoms with Crippen molar-refractivity contribution in [3.05, 3.63) is 23.0 Å². The molecule has 0 spiro atoms. The van der Waals surface area contributed by atoms with Gasteiger partial charge in [0.2, 0.25) is 11.0 Å². The minimum Gasteiger partial charge on any atom is -0.363 e. The van der Waals surface area contributed by atoms with E-state index in [1.54, 1.807) is 7.05 Å². The number of carbonyl (C=O) groups excluding carboxylic acids is 1. The Bertz CT molecular complexity index is 706. The van der Waals surface area contributed by atoms with E-state index in [9.17, 15) is 4.79 Å². The Morgan fingerprint density at radius 3 is 2.87 bits per heavy atom. The third kappa shape index (κ3) is 3.21. The highest BCUT2D eigenvalue weighted by molar-refractivity contribution is 7.15. The maximum absolute atomic E-state index is 12.6. The van der Waals surface area contributed by atoms with Gasteiger partial charge in [0.05, 0.1) is 12.6 Å². The van der Waals surface area contributed by atoms with E-state index in [1.165, 1.54) is 16.9 Å². The van der Waals surface area contributed by atoms with Gasteiger partial charge in [-0.2, -0.15) is 5.10 Å². The predicted molar refractivity (Wildman–Crippen MR) is 89.5 cm³/mol. The van der Waals surface area contributed by atoms with Gasteiger partial charge in [-0.3, -0.25) is 9.48 Å². The fourth-order valence-electron chi connectivity index (χ4n) is 3.17. The zero-order chi connectivity index (χ0) is 16.6. The van der Waals surface area contributed by atoms with Gasteiger partial charge < -0.3 is 10.2 Å². The lowest BCUT2D eigenvalue weighted by molar-refractivity contribution is -0.129. The van der Waals surface area contributed by atoms with Crippen LogP contribution in [0.5, 0.6) is 0 Å². The van der Waals surface area contributed by atoms with Gasteiger partial charge in [-0.15, -0.1) is 10.2 Å². The zero-order valence-electron chi connectivity index (χ0n) is 13.9. The molecule has 0 saturated carbocycles. The Morgan fingerprint density at radius 2 is 2.26 bits per heavy atom. The predicted octanol–water partition coefficient (Wildman–Crippen LogP) is 1.51. The van der Waals surface area contributed by atoms with Gasteiger partial charge in [0.1, 0.15) is 5.01 Å². The fourth-order valence-corrected chi connectivity index (χ4v) is 3.85. The fraction of sp³-hybridized carbons (Fsp3) is 0.600. The molecule has 0 aromatic carbocycles. The van der Waals surface area contributed by atoms with Crippen LogP contribution < -0.4 is 5.32 Å². The van der Waals surface area contributed by atoms with Crippen LogP contribution in [0.4, 0.5) is 5.13 Å². The SMILES string of the molecule is CNc1nnc(CC(=O)N2CC(c3cnn(C)c3)C(C)(C)C2)s1. The lowest BCUT2D eigenvalue weighted by atomic mass is 9.79. The number of nitrogens with one attached hydrogen (secondary N) is 1. The van der Waals surface area contributed by atoms with Gasteiger partial charge >= 0.3 is 0 Å². The number of likely N-dealkylation sites (tertiary alicyclic amines) is 1. The molecular formula is C15H22N6OS. The summed E-state index contributed by atoms with van der Waals surface area (Å²) in [6, 6.07) is 0. The number of amides is 1. The first-order valence-corrected chi connectivity index (χ1v) is 8.47. The highest BCUT2D eigenvalue weighted by Crippen LogP contribution is 2.42. The van der Waals surface area contributed by atoms with Crippen molar-refractivity contribution in [2.75, 3.05) is 25.5 Å². The van der Waals surface area contributed by atoms with Gasteiger partial charge in [-0.05, 0) is 11.0 Å². The molecule has 2 aromatic heterocycles. The van der Waals surface area contributed by atoms with E-state index in [0.717, 1.165) is 23.2 Å². The van der Waals surface area contributed by atoms with Crippen LogP contribution in [0.15, 0.2) is 12.4 Å². The topological polar surface area (TPSA) is 75.9 Å². The second-order valence-electron chi connectivity index (χ2n) is 6.69. The first-order chi connectivity index (χ1) is 10.9. The third-order valence-corrected chi connectivity index (χ3v) is 5.35. The van der Waals surface area contributed by atoms with E-state index in [4.69, 9.17) is 0 Å². The number of nitrogens with zero attached hydrogens (tertiary/aromatic N) is 5. The first-order valence-electron chi connectivity index (χ1n) is 7.65. The summed E-state index contributed by atoms with van der Waals surface area (Å²) in [5, 5.41) is 16.7. The minimum atomic E-state index is 0.0377. The summed E-state index contributed by atoms with van der Waals surface area (Å²) in [5.41, 5.74) is 1.23. The Kier molecular flexibility index (Phi) is 4.09. The van der Waals surface area contributed by atoms with E-state index in [2.05, 4.69) is 34.5 Å². The monoisotopic (exact) mass is 334 g/mol. The highest BCUT2D eigenvalue weighted by Gasteiger charge is 2.42. The molecule has 0 radical (unpaired) electrons. The molecule has 1 unspecified atom stereocenters. The van der Waals surface area contributed by atoms with Gasteiger partial charge in [-0.25, -0.2) is 0 Å². The van der Waals surface area contributed by atoms with Crippen LogP contribution in [0, 0.1) is 5.41 Å². The van der Waals surface area contributed by atoms with Gasteiger partial charge in [0.15, 0.2) is 0 Å². The molecular weight excluding hydrogens is 312 g/mol. The maximum atomic E-state index is 12.6. The van der Waals surface area contributed by atoms with E-state index in [-0.39, 0.29) is 11.3 Å². The molecule has 0 aliphatic carbocycles. The summed E-state index contributed by atoms with van der Waals surface area (Å²) in [6.07, 6.45) is 4.27. The maximum Gasteiger partial charge on any atom is 0.229 e. The van der Waals surface area contributed by atoms with Crippen LogP contribution in [-0.2, 0) is 18.3 Å².